The first-order valence-electron chi connectivity index (χ1n) is 5.60. The van der Waals surface area contributed by atoms with Crippen LogP contribution < -0.4 is 5.32 Å². The Hall–Kier alpha value is -2.49. The predicted octanol–water partition coefficient (Wildman–Crippen LogP) is 3.86. The van der Waals surface area contributed by atoms with Crippen LogP contribution in [0.2, 0.25) is 0 Å². The van der Waals surface area contributed by atoms with Crippen LogP contribution in [-0.4, -0.2) is 5.91 Å². The Morgan fingerprint density at radius 1 is 1.11 bits per heavy atom. The van der Waals surface area contributed by atoms with E-state index in [1.165, 1.54) is 6.07 Å². The van der Waals surface area contributed by atoms with Gasteiger partial charge in [0.1, 0.15) is 5.82 Å². The summed E-state index contributed by atoms with van der Waals surface area (Å²) in [4.78, 5) is 11.9. The van der Waals surface area contributed by atoms with Crippen LogP contribution in [0.3, 0.4) is 0 Å². The molecule has 0 unspecified atom stereocenters. The third-order valence-corrected chi connectivity index (χ3v) is 2.61. The zero-order valence-corrected chi connectivity index (χ0v) is 9.99. The molecule has 1 amide bonds. The molecule has 0 saturated carbocycles. The number of anilines is 1. The number of hydrogen-bond donors (Lipinski definition) is 1. The van der Waals surface area contributed by atoms with Crippen molar-refractivity contribution in [3.05, 3.63) is 71.8 Å². The third-order valence-electron chi connectivity index (χ3n) is 2.61. The number of carbonyl (C=O) groups is 1. The van der Waals surface area contributed by atoms with E-state index >= 15 is 0 Å². The Bertz CT molecular complexity index is 624. The van der Waals surface area contributed by atoms with Crippen LogP contribution in [0.25, 0.3) is 6.08 Å². The lowest BCUT2D eigenvalue weighted by Gasteiger charge is -2.08. The van der Waals surface area contributed by atoms with E-state index in [1.807, 2.05) is 0 Å². The van der Waals surface area contributed by atoms with E-state index < -0.39 is 17.5 Å². The smallest absolute Gasteiger partial charge is 0.255 e. The van der Waals surface area contributed by atoms with Gasteiger partial charge in [-0.3, -0.25) is 4.79 Å². The van der Waals surface area contributed by atoms with E-state index in [4.69, 9.17) is 0 Å². The average molecular weight is 259 g/mol. The number of rotatable bonds is 3. The van der Waals surface area contributed by atoms with Crippen LogP contribution in [0.1, 0.15) is 15.9 Å². The summed E-state index contributed by atoms with van der Waals surface area (Å²) in [6, 6.07) is 10.6. The molecule has 0 fully saturated rings. The minimum atomic E-state index is -0.834. The largest absolute Gasteiger partial charge is 0.319 e. The third kappa shape index (κ3) is 2.68. The Kier molecular flexibility index (Phi) is 3.71. The fourth-order valence-electron chi connectivity index (χ4n) is 1.64. The first-order valence-corrected chi connectivity index (χ1v) is 5.60. The first kappa shape index (κ1) is 13.0. The Morgan fingerprint density at radius 2 is 1.79 bits per heavy atom. The number of nitrogens with one attached hydrogen (secondary N) is 1. The molecule has 0 aromatic heterocycles. The van der Waals surface area contributed by atoms with Gasteiger partial charge in [0.2, 0.25) is 0 Å². The van der Waals surface area contributed by atoms with Crippen molar-refractivity contribution >= 4 is 17.7 Å². The maximum atomic E-state index is 13.9. The Balaban J connectivity index is 2.30. The first-order chi connectivity index (χ1) is 9.13. The lowest BCUT2D eigenvalue weighted by atomic mass is 10.1. The highest BCUT2D eigenvalue weighted by molar-refractivity contribution is 6.04. The van der Waals surface area contributed by atoms with Gasteiger partial charge in [0.05, 0.1) is 5.69 Å². The van der Waals surface area contributed by atoms with Crippen molar-refractivity contribution in [1.82, 2.24) is 0 Å². The second kappa shape index (κ2) is 5.44. The molecule has 0 aliphatic rings. The number of benzene rings is 2. The number of carbonyl (C=O) groups excluding carboxylic acids is 1. The van der Waals surface area contributed by atoms with Gasteiger partial charge >= 0.3 is 0 Å². The van der Waals surface area contributed by atoms with Gasteiger partial charge in [-0.25, -0.2) is 8.78 Å². The summed E-state index contributed by atoms with van der Waals surface area (Å²) in [7, 11) is 0. The zero-order chi connectivity index (χ0) is 13.8. The van der Waals surface area contributed by atoms with E-state index in [0.29, 0.717) is 5.56 Å². The van der Waals surface area contributed by atoms with Crippen molar-refractivity contribution < 1.29 is 13.6 Å². The summed E-state index contributed by atoms with van der Waals surface area (Å²) in [6.45, 7) is 3.34. The number of hydrogen-bond acceptors (Lipinski definition) is 1. The molecule has 1 N–H and O–H groups in total. The summed E-state index contributed by atoms with van der Waals surface area (Å²) in [5, 5.41) is 2.40. The molecule has 2 rings (SSSR count). The molecule has 0 atom stereocenters. The van der Waals surface area contributed by atoms with Gasteiger partial charge in [-0.2, -0.15) is 0 Å². The van der Waals surface area contributed by atoms with Gasteiger partial charge in [-0.05, 0) is 24.3 Å². The average Bonchev–Trinajstić information content (AvgIpc) is 2.43. The Morgan fingerprint density at radius 3 is 2.42 bits per heavy atom. The SMILES string of the molecule is C=Cc1c(F)ccc(NC(=O)c2ccccc2)c1F. The van der Waals surface area contributed by atoms with Crippen LogP contribution in [-0.2, 0) is 0 Å². The molecular weight excluding hydrogens is 248 g/mol. The number of amides is 1. The molecule has 0 aliphatic heterocycles. The lowest BCUT2D eigenvalue weighted by molar-refractivity contribution is 0.102. The molecule has 2 nitrogen and oxygen atoms in total. The van der Waals surface area contributed by atoms with Crippen LogP contribution in [0.5, 0.6) is 0 Å². The summed E-state index contributed by atoms with van der Waals surface area (Å²) >= 11 is 0. The van der Waals surface area contributed by atoms with Crippen molar-refractivity contribution in [2.75, 3.05) is 5.32 Å². The molecule has 2 aromatic carbocycles. The normalized spacial score (nSPS) is 10.0. The zero-order valence-electron chi connectivity index (χ0n) is 9.99. The minimum absolute atomic E-state index is 0.0786. The van der Waals surface area contributed by atoms with E-state index in [1.54, 1.807) is 30.3 Å². The van der Waals surface area contributed by atoms with E-state index in [9.17, 15) is 13.6 Å². The van der Waals surface area contributed by atoms with Crippen molar-refractivity contribution in [3.63, 3.8) is 0 Å². The molecule has 2 aromatic rings. The highest BCUT2D eigenvalue weighted by Gasteiger charge is 2.13. The van der Waals surface area contributed by atoms with Crippen molar-refractivity contribution in [1.29, 1.82) is 0 Å². The predicted molar refractivity (Wildman–Crippen MR) is 70.8 cm³/mol. The highest BCUT2D eigenvalue weighted by atomic mass is 19.1. The fraction of sp³-hybridized carbons (Fsp3) is 0. The van der Waals surface area contributed by atoms with Gasteiger partial charge in [-0.15, -0.1) is 0 Å². The monoisotopic (exact) mass is 259 g/mol. The maximum Gasteiger partial charge on any atom is 0.255 e. The fourth-order valence-corrected chi connectivity index (χ4v) is 1.64. The molecule has 4 heteroatoms. The van der Waals surface area contributed by atoms with Gasteiger partial charge in [0.15, 0.2) is 5.82 Å². The minimum Gasteiger partial charge on any atom is -0.319 e. The molecule has 0 aliphatic carbocycles. The van der Waals surface area contributed by atoms with Crippen LogP contribution in [0, 0.1) is 11.6 Å². The number of halogens is 2. The summed E-state index contributed by atoms with van der Waals surface area (Å²) in [5.74, 6) is -2.01. The van der Waals surface area contributed by atoms with Crippen molar-refractivity contribution in [2.24, 2.45) is 0 Å². The van der Waals surface area contributed by atoms with Crippen LogP contribution >= 0.6 is 0 Å². The quantitative estimate of drug-likeness (QED) is 0.891. The van der Waals surface area contributed by atoms with E-state index in [-0.39, 0.29) is 11.3 Å². The maximum absolute atomic E-state index is 13.9. The topological polar surface area (TPSA) is 29.1 Å². The second-order valence-corrected chi connectivity index (χ2v) is 3.85. The van der Waals surface area contributed by atoms with Crippen LogP contribution in [0.15, 0.2) is 49.0 Å². The van der Waals surface area contributed by atoms with Crippen molar-refractivity contribution in [3.8, 4) is 0 Å². The molecule has 0 radical (unpaired) electrons. The molecular formula is C15H11F2NO. The van der Waals surface area contributed by atoms with Gasteiger partial charge in [-0.1, -0.05) is 30.9 Å². The van der Waals surface area contributed by atoms with Crippen LogP contribution in [0.4, 0.5) is 14.5 Å². The molecule has 0 heterocycles. The molecule has 0 spiro atoms. The molecule has 96 valence electrons. The van der Waals surface area contributed by atoms with Crippen molar-refractivity contribution in [2.45, 2.75) is 0 Å². The second-order valence-electron chi connectivity index (χ2n) is 3.85. The summed E-state index contributed by atoms with van der Waals surface area (Å²) in [6.07, 6.45) is 1.07. The van der Waals surface area contributed by atoms with Gasteiger partial charge < -0.3 is 5.32 Å². The van der Waals surface area contributed by atoms with Gasteiger partial charge in [0.25, 0.3) is 5.91 Å². The van der Waals surface area contributed by atoms with E-state index in [2.05, 4.69) is 11.9 Å². The van der Waals surface area contributed by atoms with Gasteiger partial charge in [0, 0.05) is 11.1 Å². The molecule has 19 heavy (non-hydrogen) atoms. The molecule has 0 bridgehead atoms. The van der Waals surface area contributed by atoms with E-state index in [0.717, 1.165) is 12.1 Å². The Labute approximate surface area is 109 Å². The molecule has 0 saturated heterocycles. The highest BCUT2D eigenvalue weighted by Crippen LogP contribution is 2.22. The summed E-state index contributed by atoms with van der Waals surface area (Å²) < 4.78 is 27.2. The lowest BCUT2D eigenvalue weighted by Crippen LogP contribution is -2.13. The summed E-state index contributed by atoms with van der Waals surface area (Å²) in [5.41, 5.74) is 0.0578. The standard InChI is InChI=1S/C15H11F2NO/c1-2-11-12(16)8-9-13(14(11)17)18-15(19)10-6-4-3-5-7-10/h2-9H,1H2,(H,18,19).